The standard InChI is InChI=1S/C6H14N4O5/c7-5(8)9-3-1-2-6(13,4(11)12)10(14)15/h13-15H,1-3H2,(H,11,12)(H4,7,8,9). The van der Waals surface area contributed by atoms with Gasteiger partial charge in [-0.05, 0) is 11.6 Å². The SMILES string of the molecule is NC(N)=NCCCC(O)(C(=O)O)N(O)O. The quantitative estimate of drug-likeness (QED) is 0.0976. The molecule has 0 fully saturated rings. The number of nitrogens with zero attached hydrogens (tertiary/aromatic N) is 2. The fourth-order valence-corrected chi connectivity index (χ4v) is 0.826. The van der Waals surface area contributed by atoms with Gasteiger partial charge in [-0.3, -0.25) is 15.4 Å². The van der Waals surface area contributed by atoms with Gasteiger partial charge in [-0.1, -0.05) is 0 Å². The third kappa shape index (κ3) is 4.08. The lowest BCUT2D eigenvalue weighted by Crippen LogP contribution is -2.51. The molecule has 0 rings (SSSR count). The van der Waals surface area contributed by atoms with Gasteiger partial charge in [0.05, 0.1) is 0 Å². The van der Waals surface area contributed by atoms with E-state index >= 15 is 0 Å². The number of nitrogens with two attached hydrogens (primary N) is 2. The summed E-state index contributed by atoms with van der Waals surface area (Å²) in [7, 11) is 0. The van der Waals surface area contributed by atoms with Crippen LogP contribution in [-0.2, 0) is 4.79 Å². The predicted octanol–water partition coefficient (Wildman–Crippen LogP) is -2.11. The van der Waals surface area contributed by atoms with Crippen molar-refractivity contribution in [1.29, 1.82) is 0 Å². The summed E-state index contributed by atoms with van der Waals surface area (Å²) in [5, 5.41) is 34.0. The van der Waals surface area contributed by atoms with Crippen LogP contribution in [0.4, 0.5) is 0 Å². The van der Waals surface area contributed by atoms with Crippen LogP contribution in [0.25, 0.3) is 0 Å². The highest BCUT2D eigenvalue weighted by molar-refractivity contribution is 5.76. The van der Waals surface area contributed by atoms with Crippen LogP contribution in [-0.4, -0.2) is 50.1 Å². The number of hydrogen-bond donors (Lipinski definition) is 6. The van der Waals surface area contributed by atoms with Crippen LogP contribution in [0.3, 0.4) is 0 Å². The van der Waals surface area contributed by atoms with Crippen molar-refractivity contribution in [2.75, 3.05) is 6.54 Å². The maximum absolute atomic E-state index is 10.5. The van der Waals surface area contributed by atoms with Crippen LogP contribution >= 0.6 is 0 Å². The Balaban J connectivity index is 4.21. The lowest BCUT2D eigenvalue weighted by Gasteiger charge is -2.25. The van der Waals surface area contributed by atoms with E-state index in [1.54, 1.807) is 0 Å². The minimum atomic E-state index is -2.75. The summed E-state index contributed by atoms with van der Waals surface area (Å²) in [6, 6.07) is 0. The summed E-state index contributed by atoms with van der Waals surface area (Å²) >= 11 is 0. The van der Waals surface area contributed by atoms with Gasteiger partial charge in [0.1, 0.15) is 0 Å². The molecule has 0 aliphatic rings. The second-order valence-electron chi connectivity index (χ2n) is 2.82. The zero-order valence-electron chi connectivity index (χ0n) is 7.87. The van der Waals surface area contributed by atoms with Gasteiger partial charge >= 0.3 is 5.97 Å². The molecule has 0 aromatic heterocycles. The maximum Gasteiger partial charge on any atom is 0.356 e. The van der Waals surface area contributed by atoms with Gasteiger partial charge in [-0.25, -0.2) is 4.79 Å². The van der Waals surface area contributed by atoms with Crippen molar-refractivity contribution in [3.05, 3.63) is 0 Å². The molecule has 0 amide bonds. The first-order chi connectivity index (χ1) is 6.80. The molecule has 0 spiro atoms. The topological polar surface area (TPSA) is 166 Å². The largest absolute Gasteiger partial charge is 0.478 e. The number of hydroxylamine groups is 2. The first-order valence-corrected chi connectivity index (χ1v) is 4.00. The van der Waals surface area contributed by atoms with E-state index in [0.717, 1.165) is 0 Å². The molecule has 0 heterocycles. The fourth-order valence-electron chi connectivity index (χ4n) is 0.826. The number of carboxylic acid groups (broad SMARTS) is 1. The second-order valence-corrected chi connectivity index (χ2v) is 2.82. The molecule has 88 valence electrons. The number of carboxylic acids is 1. The summed E-state index contributed by atoms with van der Waals surface area (Å²) in [4.78, 5) is 14.0. The van der Waals surface area contributed by atoms with Crippen LogP contribution in [0.2, 0.25) is 0 Å². The molecule has 0 saturated heterocycles. The van der Waals surface area contributed by atoms with Gasteiger partial charge in [0, 0.05) is 13.0 Å². The van der Waals surface area contributed by atoms with E-state index in [-0.39, 0.29) is 18.9 Å². The molecule has 0 bridgehead atoms. The Morgan fingerprint density at radius 2 is 1.93 bits per heavy atom. The number of carbonyl (C=O) groups is 1. The third-order valence-electron chi connectivity index (χ3n) is 1.65. The lowest BCUT2D eigenvalue weighted by molar-refractivity contribution is -0.403. The van der Waals surface area contributed by atoms with E-state index in [4.69, 9.17) is 27.0 Å². The molecule has 9 heteroatoms. The van der Waals surface area contributed by atoms with Crippen molar-refractivity contribution in [2.45, 2.75) is 18.6 Å². The lowest BCUT2D eigenvalue weighted by atomic mass is 10.1. The first-order valence-electron chi connectivity index (χ1n) is 4.00. The third-order valence-corrected chi connectivity index (χ3v) is 1.65. The molecule has 0 aliphatic carbocycles. The molecule has 0 aliphatic heterocycles. The van der Waals surface area contributed by atoms with Crippen molar-refractivity contribution >= 4 is 11.9 Å². The van der Waals surface area contributed by atoms with Crippen LogP contribution in [0, 0.1) is 0 Å². The summed E-state index contributed by atoms with van der Waals surface area (Å²) in [6.07, 6.45) is -0.371. The number of aliphatic hydroxyl groups is 1. The van der Waals surface area contributed by atoms with E-state index in [9.17, 15) is 9.90 Å². The average Bonchev–Trinajstić information content (AvgIpc) is 2.10. The fraction of sp³-hybridized carbons (Fsp3) is 0.667. The van der Waals surface area contributed by atoms with Crippen molar-refractivity contribution < 1.29 is 25.4 Å². The van der Waals surface area contributed by atoms with Crippen molar-refractivity contribution in [3.63, 3.8) is 0 Å². The van der Waals surface area contributed by atoms with Crippen LogP contribution in [0.1, 0.15) is 12.8 Å². The van der Waals surface area contributed by atoms with E-state index in [1.807, 2.05) is 0 Å². The molecule has 0 aromatic rings. The van der Waals surface area contributed by atoms with E-state index in [1.165, 1.54) is 0 Å². The maximum atomic E-state index is 10.5. The molecule has 1 unspecified atom stereocenters. The summed E-state index contributed by atoms with van der Waals surface area (Å²) < 4.78 is 0. The van der Waals surface area contributed by atoms with E-state index < -0.39 is 23.3 Å². The van der Waals surface area contributed by atoms with Crippen molar-refractivity contribution in [2.24, 2.45) is 16.5 Å². The van der Waals surface area contributed by atoms with Gasteiger partial charge in [-0.15, -0.1) is 0 Å². The summed E-state index contributed by atoms with van der Waals surface area (Å²) in [5.41, 5.74) is 7.25. The second kappa shape index (κ2) is 5.46. The van der Waals surface area contributed by atoms with Gasteiger partial charge in [0.15, 0.2) is 5.96 Å². The monoisotopic (exact) mass is 222 g/mol. The van der Waals surface area contributed by atoms with E-state index in [0.29, 0.717) is 0 Å². The number of aliphatic carboxylic acids is 1. The van der Waals surface area contributed by atoms with Gasteiger partial charge in [0.2, 0.25) is 0 Å². The molecule has 0 radical (unpaired) electrons. The minimum Gasteiger partial charge on any atom is -0.478 e. The Labute approximate surface area is 85.1 Å². The Morgan fingerprint density at radius 3 is 2.27 bits per heavy atom. The molecule has 9 nitrogen and oxygen atoms in total. The minimum absolute atomic E-state index is 0.0678. The molecule has 0 saturated carbocycles. The van der Waals surface area contributed by atoms with Gasteiger partial charge < -0.3 is 21.7 Å². The zero-order valence-corrected chi connectivity index (χ0v) is 7.87. The Morgan fingerprint density at radius 1 is 1.40 bits per heavy atom. The van der Waals surface area contributed by atoms with Crippen molar-refractivity contribution in [1.82, 2.24) is 5.23 Å². The number of aliphatic imine (C=N–C) groups is 1. The van der Waals surface area contributed by atoms with Crippen molar-refractivity contribution in [3.8, 4) is 0 Å². The smallest absolute Gasteiger partial charge is 0.356 e. The van der Waals surface area contributed by atoms with Gasteiger partial charge in [-0.2, -0.15) is 0 Å². The molecule has 8 N–H and O–H groups in total. The molecule has 0 aromatic carbocycles. The molecular formula is C6H14N4O5. The normalized spacial score (nSPS) is 14.7. The zero-order chi connectivity index (χ0) is 12.1. The summed E-state index contributed by atoms with van der Waals surface area (Å²) in [6.45, 7) is 0.0752. The molecule has 1 atom stereocenters. The highest BCUT2D eigenvalue weighted by Gasteiger charge is 2.41. The average molecular weight is 222 g/mol. The number of guanidine groups is 1. The molecule has 15 heavy (non-hydrogen) atoms. The van der Waals surface area contributed by atoms with E-state index in [2.05, 4.69) is 4.99 Å². The number of hydrogen-bond acceptors (Lipinski definition) is 6. The van der Waals surface area contributed by atoms with Crippen LogP contribution in [0.5, 0.6) is 0 Å². The highest BCUT2D eigenvalue weighted by atomic mass is 16.8. The first kappa shape index (κ1) is 13.6. The summed E-state index contributed by atoms with van der Waals surface area (Å²) in [5.74, 6) is -1.95. The Bertz CT molecular complexity index is 252. The van der Waals surface area contributed by atoms with Gasteiger partial charge in [0.25, 0.3) is 5.72 Å². The number of rotatable bonds is 6. The van der Waals surface area contributed by atoms with Crippen LogP contribution in [0.15, 0.2) is 4.99 Å². The Hall–Kier alpha value is -1.42. The highest BCUT2D eigenvalue weighted by Crippen LogP contribution is 2.15. The van der Waals surface area contributed by atoms with Crippen LogP contribution < -0.4 is 11.5 Å². The predicted molar refractivity (Wildman–Crippen MR) is 47.9 cm³/mol. The molecular weight excluding hydrogens is 208 g/mol. The Kier molecular flexibility index (Phi) is 4.94.